The van der Waals surface area contributed by atoms with Gasteiger partial charge in [0.2, 0.25) is 0 Å². The van der Waals surface area contributed by atoms with E-state index in [2.05, 4.69) is 13.8 Å². The van der Waals surface area contributed by atoms with Crippen LogP contribution in [0.4, 0.5) is 0 Å². The summed E-state index contributed by atoms with van der Waals surface area (Å²) in [6.45, 7) is 4.70. The third kappa shape index (κ3) is 3.35. The second-order valence-electron chi connectivity index (χ2n) is 10.7. The lowest BCUT2D eigenvalue weighted by Crippen LogP contribution is -2.56. The summed E-state index contributed by atoms with van der Waals surface area (Å²) in [4.78, 5) is 11.0. The lowest BCUT2D eigenvalue weighted by atomic mass is 9.46. The number of carbonyl (C=O) groups is 1. The molecule has 154 valence electrons. The second-order valence-corrected chi connectivity index (χ2v) is 10.7. The predicted molar refractivity (Wildman–Crippen MR) is 104 cm³/mol. The Labute approximate surface area is 163 Å². The summed E-state index contributed by atoms with van der Waals surface area (Å²) in [5.41, 5.74) is 0.293. The summed E-state index contributed by atoms with van der Waals surface area (Å²) in [5, 5.41) is 30.3. The number of aliphatic hydroxyl groups excluding tert-OH is 2. The van der Waals surface area contributed by atoms with Gasteiger partial charge in [0.05, 0.1) is 12.2 Å². The van der Waals surface area contributed by atoms with Crippen LogP contribution in [0.1, 0.15) is 78.1 Å². The van der Waals surface area contributed by atoms with E-state index in [1.165, 1.54) is 25.7 Å². The third-order valence-corrected chi connectivity index (χ3v) is 9.57. The SMILES string of the molecule is CC(CCC(=O)O)[C@H]1CCC2C1CCC1C2[C@@H](O)C[C@@H]2C[C@H](O)CC[C@]12C. The van der Waals surface area contributed by atoms with Gasteiger partial charge in [-0.15, -0.1) is 0 Å². The zero-order valence-corrected chi connectivity index (χ0v) is 17.0. The van der Waals surface area contributed by atoms with Gasteiger partial charge in [-0.25, -0.2) is 0 Å². The van der Waals surface area contributed by atoms with Crippen LogP contribution in [0.25, 0.3) is 0 Å². The van der Waals surface area contributed by atoms with E-state index in [1.807, 2.05) is 0 Å². The molecule has 4 rings (SSSR count). The molecule has 0 saturated heterocycles. The van der Waals surface area contributed by atoms with Crippen LogP contribution in [0.15, 0.2) is 0 Å². The Morgan fingerprint density at radius 1 is 1.07 bits per heavy atom. The maximum Gasteiger partial charge on any atom is 0.303 e. The summed E-state index contributed by atoms with van der Waals surface area (Å²) in [7, 11) is 0. The van der Waals surface area contributed by atoms with Crippen molar-refractivity contribution in [3.63, 3.8) is 0 Å². The molecule has 3 N–H and O–H groups in total. The topological polar surface area (TPSA) is 77.8 Å². The van der Waals surface area contributed by atoms with Crippen molar-refractivity contribution in [2.75, 3.05) is 0 Å². The molecule has 0 spiro atoms. The van der Waals surface area contributed by atoms with Crippen molar-refractivity contribution in [3.05, 3.63) is 0 Å². The number of aliphatic carboxylic acids is 1. The molecule has 4 fully saturated rings. The lowest BCUT2D eigenvalue weighted by Gasteiger charge is -2.60. The van der Waals surface area contributed by atoms with E-state index >= 15 is 0 Å². The van der Waals surface area contributed by atoms with Gasteiger partial charge >= 0.3 is 5.97 Å². The lowest BCUT2D eigenvalue weighted by molar-refractivity contribution is -0.158. The summed E-state index contributed by atoms with van der Waals surface area (Å²) in [5.74, 6) is 3.24. The van der Waals surface area contributed by atoms with E-state index in [9.17, 15) is 15.0 Å². The highest BCUT2D eigenvalue weighted by Gasteiger charge is 2.59. The summed E-state index contributed by atoms with van der Waals surface area (Å²) < 4.78 is 0. The van der Waals surface area contributed by atoms with Gasteiger partial charge in [-0.2, -0.15) is 0 Å². The van der Waals surface area contributed by atoms with Crippen molar-refractivity contribution in [1.82, 2.24) is 0 Å². The standard InChI is InChI=1S/C23H38O4/c1-13(3-8-21(26)27)16-4-5-18-17(16)6-7-19-22(18)20(25)12-14-11-15(24)9-10-23(14,19)2/h13-20,22,24-25H,3-12H2,1-2H3,(H,26,27)/t13?,14-,15+,16+,17?,18?,19?,20-,22?,23-/m0/s1. The minimum absolute atomic E-state index is 0.172. The molecule has 5 unspecified atom stereocenters. The van der Waals surface area contributed by atoms with Crippen molar-refractivity contribution >= 4 is 5.97 Å². The van der Waals surface area contributed by atoms with Crippen molar-refractivity contribution in [2.45, 2.75) is 90.3 Å². The largest absolute Gasteiger partial charge is 0.481 e. The number of rotatable bonds is 4. The highest BCUT2D eigenvalue weighted by Crippen LogP contribution is 2.64. The molecule has 0 radical (unpaired) electrons. The third-order valence-electron chi connectivity index (χ3n) is 9.57. The first kappa shape index (κ1) is 19.7. The molecule has 0 heterocycles. The van der Waals surface area contributed by atoms with Gasteiger partial charge in [-0.1, -0.05) is 13.8 Å². The van der Waals surface area contributed by atoms with Gasteiger partial charge in [0, 0.05) is 6.42 Å². The van der Waals surface area contributed by atoms with Gasteiger partial charge in [-0.3, -0.25) is 4.79 Å². The Morgan fingerprint density at radius 3 is 2.56 bits per heavy atom. The molecule has 0 aromatic rings. The molecule has 4 heteroatoms. The van der Waals surface area contributed by atoms with Crippen molar-refractivity contribution in [1.29, 1.82) is 0 Å². The fourth-order valence-corrected chi connectivity index (χ4v) is 8.19. The zero-order valence-electron chi connectivity index (χ0n) is 17.0. The Kier molecular flexibility index (Phi) is 5.35. The molecular weight excluding hydrogens is 340 g/mol. The van der Waals surface area contributed by atoms with Crippen LogP contribution in [0.3, 0.4) is 0 Å². The van der Waals surface area contributed by atoms with Crippen LogP contribution in [-0.2, 0) is 4.79 Å². The quantitative estimate of drug-likeness (QED) is 0.688. The molecule has 0 aromatic carbocycles. The minimum Gasteiger partial charge on any atom is -0.481 e. The van der Waals surface area contributed by atoms with Crippen LogP contribution < -0.4 is 0 Å². The van der Waals surface area contributed by atoms with Crippen LogP contribution in [0.5, 0.6) is 0 Å². The summed E-state index contributed by atoms with van der Waals surface area (Å²) >= 11 is 0. The molecule has 4 aliphatic carbocycles. The van der Waals surface area contributed by atoms with E-state index in [0.29, 0.717) is 46.8 Å². The Balaban J connectivity index is 1.50. The van der Waals surface area contributed by atoms with Gasteiger partial charge in [0.1, 0.15) is 0 Å². The maximum atomic E-state index is 11.1. The molecule has 0 bridgehead atoms. The Bertz CT molecular complexity index is 563. The van der Waals surface area contributed by atoms with E-state index in [4.69, 9.17) is 5.11 Å². The highest BCUT2D eigenvalue weighted by molar-refractivity contribution is 5.66. The number of hydrogen-bond donors (Lipinski definition) is 3. The molecule has 0 aromatic heterocycles. The number of fused-ring (bicyclic) bond motifs is 5. The van der Waals surface area contributed by atoms with Crippen LogP contribution in [0.2, 0.25) is 0 Å². The van der Waals surface area contributed by atoms with E-state index in [0.717, 1.165) is 32.1 Å². The first-order valence-electron chi connectivity index (χ1n) is 11.4. The van der Waals surface area contributed by atoms with E-state index in [-0.39, 0.29) is 18.6 Å². The monoisotopic (exact) mass is 378 g/mol. The zero-order chi connectivity index (χ0) is 19.3. The van der Waals surface area contributed by atoms with Crippen molar-refractivity contribution < 1.29 is 20.1 Å². The van der Waals surface area contributed by atoms with Gasteiger partial charge in [0.15, 0.2) is 0 Å². The molecule has 4 saturated carbocycles. The smallest absolute Gasteiger partial charge is 0.303 e. The van der Waals surface area contributed by atoms with Gasteiger partial charge in [0.25, 0.3) is 0 Å². The number of carboxylic acids is 1. The molecule has 4 nitrogen and oxygen atoms in total. The van der Waals surface area contributed by atoms with Gasteiger partial charge in [-0.05, 0) is 105 Å². The molecule has 27 heavy (non-hydrogen) atoms. The second kappa shape index (κ2) is 7.33. The van der Waals surface area contributed by atoms with Gasteiger partial charge < -0.3 is 15.3 Å². The summed E-state index contributed by atoms with van der Waals surface area (Å²) in [6, 6.07) is 0. The van der Waals surface area contributed by atoms with Crippen molar-refractivity contribution in [3.8, 4) is 0 Å². The van der Waals surface area contributed by atoms with Crippen LogP contribution >= 0.6 is 0 Å². The molecule has 0 amide bonds. The number of aliphatic hydroxyl groups is 2. The number of hydrogen-bond acceptors (Lipinski definition) is 3. The average molecular weight is 379 g/mol. The Hall–Kier alpha value is -0.610. The van der Waals surface area contributed by atoms with Crippen LogP contribution in [0, 0.1) is 46.8 Å². The minimum atomic E-state index is -0.679. The predicted octanol–water partition coefficient (Wildman–Crippen LogP) is 4.09. The molecular formula is C23H38O4. The Morgan fingerprint density at radius 2 is 1.81 bits per heavy atom. The number of carboxylic acid groups (broad SMARTS) is 1. The average Bonchev–Trinajstić information content (AvgIpc) is 3.05. The molecule has 0 aliphatic heterocycles. The molecule has 10 atom stereocenters. The summed E-state index contributed by atoms with van der Waals surface area (Å²) in [6.07, 6.45) is 9.38. The maximum absolute atomic E-state index is 11.1. The van der Waals surface area contributed by atoms with Crippen LogP contribution in [-0.4, -0.2) is 33.5 Å². The fraction of sp³-hybridized carbons (Fsp3) is 0.957. The first-order chi connectivity index (χ1) is 12.8. The van der Waals surface area contributed by atoms with E-state index < -0.39 is 5.97 Å². The molecule has 4 aliphatic rings. The van der Waals surface area contributed by atoms with Crippen molar-refractivity contribution in [2.24, 2.45) is 46.8 Å². The normalized spacial score (nSPS) is 50.4. The first-order valence-corrected chi connectivity index (χ1v) is 11.4. The highest BCUT2D eigenvalue weighted by atomic mass is 16.4. The fourth-order valence-electron chi connectivity index (χ4n) is 8.19. The van der Waals surface area contributed by atoms with E-state index in [1.54, 1.807) is 0 Å².